The largest absolute Gasteiger partial charge is 0.350 e. The van der Waals surface area contributed by atoms with Gasteiger partial charge in [0.25, 0.3) is 5.91 Å². The minimum Gasteiger partial charge on any atom is -0.350 e. The number of hydrogen-bond acceptors (Lipinski definition) is 3. The molecule has 2 aromatic rings. The second-order valence-electron chi connectivity index (χ2n) is 7.98. The third-order valence-corrected chi connectivity index (χ3v) is 4.52. The van der Waals surface area contributed by atoms with E-state index in [0.29, 0.717) is 30.0 Å². The van der Waals surface area contributed by atoms with Crippen LogP contribution >= 0.6 is 0 Å². The van der Waals surface area contributed by atoms with Gasteiger partial charge in [-0.05, 0) is 69.9 Å². The van der Waals surface area contributed by atoms with E-state index >= 15 is 0 Å². The first-order valence-corrected chi connectivity index (χ1v) is 9.91. The van der Waals surface area contributed by atoms with Gasteiger partial charge in [0.05, 0.1) is 5.69 Å². The van der Waals surface area contributed by atoms with Crippen molar-refractivity contribution in [2.45, 2.75) is 67.0 Å². The average molecular weight is 385 g/mol. The number of benzene rings is 1. The molecule has 0 saturated carbocycles. The molecule has 2 rings (SSSR count). The van der Waals surface area contributed by atoms with E-state index in [-0.39, 0.29) is 17.9 Å². The molecule has 0 fully saturated rings. The number of anilines is 1. The number of amides is 2. The fourth-order valence-electron chi connectivity index (χ4n) is 3.13. The molecule has 0 atom stereocenters. The molecule has 1 heterocycles. The molecule has 152 valence electrons. The highest BCUT2D eigenvalue weighted by atomic mass is 16.2. The van der Waals surface area contributed by atoms with E-state index < -0.39 is 0 Å². The second-order valence-corrected chi connectivity index (χ2v) is 7.98. The van der Waals surface area contributed by atoms with Gasteiger partial charge < -0.3 is 10.6 Å². The van der Waals surface area contributed by atoms with E-state index in [2.05, 4.69) is 36.5 Å². The van der Waals surface area contributed by atoms with Crippen LogP contribution in [0, 0.1) is 19.8 Å². The van der Waals surface area contributed by atoms with Crippen molar-refractivity contribution in [3.05, 3.63) is 46.8 Å². The first-order chi connectivity index (χ1) is 13.2. The minimum atomic E-state index is -0.114. The predicted molar refractivity (Wildman–Crippen MR) is 113 cm³/mol. The number of rotatable bonds is 8. The summed E-state index contributed by atoms with van der Waals surface area (Å²) in [6, 6.07) is 7.03. The Morgan fingerprint density at radius 1 is 1.07 bits per heavy atom. The maximum atomic E-state index is 12.3. The van der Waals surface area contributed by atoms with E-state index in [4.69, 9.17) is 0 Å². The van der Waals surface area contributed by atoms with Gasteiger partial charge in [0.1, 0.15) is 0 Å². The molecule has 0 bridgehead atoms. The maximum Gasteiger partial charge on any atom is 0.251 e. The highest BCUT2D eigenvalue weighted by Gasteiger charge is 2.14. The molecule has 0 aliphatic heterocycles. The lowest BCUT2D eigenvalue weighted by atomic mass is 10.1. The number of aromatic nitrogens is 2. The zero-order chi connectivity index (χ0) is 20.8. The van der Waals surface area contributed by atoms with Gasteiger partial charge in [-0.15, -0.1) is 0 Å². The lowest BCUT2D eigenvalue weighted by Crippen LogP contribution is -2.30. The average Bonchev–Trinajstić information content (AvgIpc) is 2.86. The number of carbonyl (C=O) groups is 2. The summed E-state index contributed by atoms with van der Waals surface area (Å²) in [7, 11) is 0. The quantitative estimate of drug-likeness (QED) is 0.725. The van der Waals surface area contributed by atoms with Crippen LogP contribution in [0.2, 0.25) is 0 Å². The Bertz CT molecular complexity index is 820. The molecule has 2 N–H and O–H groups in total. The van der Waals surface area contributed by atoms with Crippen LogP contribution in [-0.2, 0) is 17.8 Å². The van der Waals surface area contributed by atoms with Gasteiger partial charge in [0, 0.05) is 36.0 Å². The van der Waals surface area contributed by atoms with E-state index in [1.54, 1.807) is 24.3 Å². The topological polar surface area (TPSA) is 76.0 Å². The fourth-order valence-corrected chi connectivity index (χ4v) is 3.13. The number of hydrogen-bond donors (Lipinski definition) is 2. The normalized spacial score (nSPS) is 11.1. The van der Waals surface area contributed by atoms with Crippen LogP contribution in [0.4, 0.5) is 5.69 Å². The number of aryl methyl sites for hydroxylation is 1. The Labute approximate surface area is 167 Å². The summed E-state index contributed by atoms with van der Waals surface area (Å²) < 4.78 is 2.04. The van der Waals surface area contributed by atoms with Gasteiger partial charge in [-0.1, -0.05) is 13.8 Å². The van der Waals surface area contributed by atoms with Crippen molar-refractivity contribution in [1.29, 1.82) is 0 Å². The van der Waals surface area contributed by atoms with Crippen molar-refractivity contribution in [2.75, 3.05) is 5.32 Å². The van der Waals surface area contributed by atoms with Gasteiger partial charge in [-0.2, -0.15) is 5.10 Å². The summed E-state index contributed by atoms with van der Waals surface area (Å²) in [5, 5.41) is 10.4. The lowest BCUT2D eigenvalue weighted by molar-refractivity contribution is -0.116. The van der Waals surface area contributed by atoms with Crippen molar-refractivity contribution >= 4 is 17.5 Å². The number of carbonyl (C=O) groups excluding carboxylic acids is 2. The highest BCUT2D eigenvalue weighted by Crippen LogP contribution is 2.17. The molecule has 0 saturated heterocycles. The van der Waals surface area contributed by atoms with Crippen LogP contribution in [0.25, 0.3) is 0 Å². The molecule has 0 aliphatic rings. The predicted octanol–water partition coefficient (Wildman–Crippen LogP) is 3.87. The molecule has 0 aliphatic carbocycles. The van der Waals surface area contributed by atoms with Gasteiger partial charge in [0.2, 0.25) is 5.91 Å². The van der Waals surface area contributed by atoms with E-state index in [1.807, 2.05) is 25.5 Å². The molecule has 2 amide bonds. The maximum absolute atomic E-state index is 12.3. The molecule has 1 aromatic heterocycles. The SMILES string of the molecule is Cc1nn(CC(C)C)c(C)c1CCC(=O)Nc1ccc(C(=O)NC(C)C)cc1. The first kappa shape index (κ1) is 21.7. The summed E-state index contributed by atoms with van der Waals surface area (Å²) in [5.74, 6) is 0.367. The monoisotopic (exact) mass is 384 g/mol. The van der Waals surface area contributed by atoms with Crippen LogP contribution < -0.4 is 10.6 Å². The minimum absolute atomic E-state index is 0.0465. The first-order valence-electron chi connectivity index (χ1n) is 9.91. The van der Waals surface area contributed by atoms with Crippen molar-refractivity contribution in [1.82, 2.24) is 15.1 Å². The molecule has 6 heteroatoms. The van der Waals surface area contributed by atoms with E-state index in [1.165, 1.54) is 0 Å². The molecule has 0 spiro atoms. The van der Waals surface area contributed by atoms with Gasteiger partial charge in [0.15, 0.2) is 0 Å². The third kappa shape index (κ3) is 5.94. The Kier molecular flexibility index (Phi) is 7.38. The molecule has 1 aromatic carbocycles. The second kappa shape index (κ2) is 9.53. The van der Waals surface area contributed by atoms with Crippen LogP contribution in [0.1, 0.15) is 61.4 Å². The van der Waals surface area contributed by atoms with Crippen molar-refractivity contribution < 1.29 is 9.59 Å². The fraction of sp³-hybridized carbons (Fsp3) is 0.500. The zero-order valence-electron chi connectivity index (χ0n) is 17.8. The van der Waals surface area contributed by atoms with Crippen LogP contribution in [0.3, 0.4) is 0 Å². The van der Waals surface area contributed by atoms with Crippen molar-refractivity contribution in [2.24, 2.45) is 5.92 Å². The smallest absolute Gasteiger partial charge is 0.251 e. The molecule has 6 nitrogen and oxygen atoms in total. The number of nitrogens with one attached hydrogen (secondary N) is 2. The molecule has 0 unspecified atom stereocenters. The van der Waals surface area contributed by atoms with Crippen molar-refractivity contribution in [3.8, 4) is 0 Å². The number of nitrogens with zero attached hydrogens (tertiary/aromatic N) is 2. The van der Waals surface area contributed by atoms with E-state index in [0.717, 1.165) is 23.5 Å². The Morgan fingerprint density at radius 2 is 1.71 bits per heavy atom. The van der Waals surface area contributed by atoms with E-state index in [9.17, 15) is 9.59 Å². The lowest BCUT2D eigenvalue weighted by Gasteiger charge is -2.10. The van der Waals surface area contributed by atoms with Crippen molar-refractivity contribution in [3.63, 3.8) is 0 Å². The van der Waals surface area contributed by atoms with Crippen LogP contribution in [0.15, 0.2) is 24.3 Å². The van der Waals surface area contributed by atoms with Gasteiger partial charge in [-0.25, -0.2) is 0 Å². The molecule has 28 heavy (non-hydrogen) atoms. The van der Waals surface area contributed by atoms with Gasteiger partial charge >= 0.3 is 0 Å². The van der Waals surface area contributed by atoms with Gasteiger partial charge in [-0.3, -0.25) is 14.3 Å². The Balaban J connectivity index is 1.93. The standard InChI is InChI=1S/C22H32N4O2/c1-14(2)13-26-17(6)20(16(5)25-26)11-12-21(27)24-19-9-7-18(8-10-19)22(28)23-15(3)4/h7-10,14-15H,11-13H2,1-6H3,(H,23,28)(H,24,27). The zero-order valence-corrected chi connectivity index (χ0v) is 17.8. The summed E-state index contributed by atoms with van der Waals surface area (Å²) >= 11 is 0. The molecular formula is C22H32N4O2. The Morgan fingerprint density at radius 3 is 2.29 bits per heavy atom. The summed E-state index contributed by atoms with van der Waals surface area (Å²) in [5.41, 5.74) is 4.55. The van der Waals surface area contributed by atoms with Crippen LogP contribution in [0.5, 0.6) is 0 Å². The summed E-state index contributed by atoms with van der Waals surface area (Å²) in [6.45, 7) is 13.1. The summed E-state index contributed by atoms with van der Waals surface area (Å²) in [6.07, 6.45) is 1.06. The highest BCUT2D eigenvalue weighted by molar-refractivity contribution is 5.95. The molecule has 0 radical (unpaired) electrons. The molecular weight excluding hydrogens is 352 g/mol. The summed E-state index contributed by atoms with van der Waals surface area (Å²) in [4.78, 5) is 24.3. The Hall–Kier alpha value is -2.63. The van der Waals surface area contributed by atoms with Crippen LogP contribution in [-0.4, -0.2) is 27.6 Å². The third-order valence-electron chi connectivity index (χ3n) is 4.52.